The van der Waals surface area contributed by atoms with Gasteiger partial charge in [-0.15, -0.1) is 0 Å². The Bertz CT molecular complexity index is 698. The molecule has 0 saturated heterocycles. The predicted molar refractivity (Wildman–Crippen MR) is 87.7 cm³/mol. The van der Waals surface area contributed by atoms with Crippen molar-refractivity contribution in [2.24, 2.45) is 0 Å². The van der Waals surface area contributed by atoms with Crippen molar-refractivity contribution in [3.8, 4) is 0 Å². The quantitative estimate of drug-likeness (QED) is 0.667. The molecule has 0 bridgehead atoms. The summed E-state index contributed by atoms with van der Waals surface area (Å²) in [5.74, 6) is -0.759. The van der Waals surface area contributed by atoms with Gasteiger partial charge in [-0.25, -0.2) is 4.39 Å². The van der Waals surface area contributed by atoms with E-state index in [0.29, 0.717) is 10.0 Å². The SMILES string of the molecule is Cc1c(C)c(C)c(C(=O)c2c(F)cccc2Br)c(C)c1C. The smallest absolute Gasteiger partial charge is 0.197 e. The molecule has 0 saturated carbocycles. The highest BCUT2D eigenvalue weighted by Crippen LogP contribution is 2.30. The third-order valence-electron chi connectivity index (χ3n) is 4.42. The van der Waals surface area contributed by atoms with Crippen molar-refractivity contribution in [1.29, 1.82) is 0 Å². The van der Waals surface area contributed by atoms with Crippen LogP contribution in [-0.2, 0) is 0 Å². The van der Waals surface area contributed by atoms with Crippen LogP contribution in [0.1, 0.15) is 43.7 Å². The largest absolute Gasteiger partial charge is 0.288 e. The van der Waals surface area contributed by atoms with E-state index in [4.69, 9.17) is 0 Å². The monoisotopic (exact) mass is 348 g/mol. The fourth-order valence-electron chi connectivity index (χ4n) is 2.68. The molecule has 2 aromatic carbocycles. The van der Waals surface area contributed by atoms with Gasteiger partial charge in [0.05, 0.1) is 5.56 Å². The molecule has 2 rings (SSSR count). The van der Waals surface area contributed by atoms with E-state index in [-0.39, 0.29) is 11.3 Å². The van der Waals surface area contributed by atoms with Gasteiger partial charge in [0, 0.05) is 10.0 Å². The summed E-state index contributed by atoms with van der Waals surface area (Å²) < 4.78 is 14.6. The maximum atomic E-state index is 14.1. The van der Waals surface area contributed by atoms with Gasteiger partial charge in [0.25, 0.3) is 0 Å². The van der Waals surface area contributed by atoms with Crippen LogP contribution in [0.15, 0.2) is 22.7 Å². The Hall–Kier alpha value is -1.48. The second-order valence-electron chi connectivity index (χ2n) is 5.43. The topological polar surface area (TPSA) is 17.1 Å². The summed E-state index contributed by atoms with van der Waals surface area (Å²) in [6, 6.07) is 4.59. The zero-order valence-corrected chi connectivity index (χ0v) is 14.5. The van der Waals surface area contributed by atoms with Gasteiger partial charge < -0.3 is 0 Å². The molecule has 0 amide bonds. The Morgan fingerprint density at radius 1 is 0.857 bits per heavy atom. The molecule has 0 spiro atoms. The van der Waals surface area contributed by atoms with Gasteiger partial charge >= 0.3 is 0 Å². The lowest BCUT2D eigenvalue weighted by atomic mass is 9.86. The molecule has 0 radical (unpaired) electrons. The van der Waals surface area contributed by atoms with Gasteiger partial charge in [0.2, 0.25) is 0 Å². The lowest BCUT2D eigenvalue weighted by molar-refractivity contribution is 0.103. The van der Waals surface area contributed by atoms with Crippen LogP contribution in [0.25, 0.3) is 0 Å². The minimum Gasteiger partial charge on any atom is -0.288 e. The standard InChI is InChI=1S/C18H18BrFO/c1-9-10(2)12(4)16(13(5)11(9)3)18(21)17-14(19)7-6-8-15(17)20/h6-8H,1-5H3. The highest BCUT2D eigenvalue weighted by Gasteiger charge is 2.23. The maximum absolute atomic E-state index is 14.1. The van der Waals surface area contributed by atoms with E-state index in [2.05, 4.69) is 22.9 Å². The number of ketones is 1. The lowest BCUT2D eigenvalue weighted by Gasteiger charge is -2.18. The van der Waals surface area contributed by atoms with Gasteiger partial charge in [-0.3, -0.25) is 4.79 Å². The van der Waals surface area contributed by atoms with E-state index in [1.807, 2.05) is 27.7 Å². The van der Waals surface area contributed by atoms with Crippen molar-refractivity contribution < 1.29 is 9.18 Å². The average Bonchev–Trinajstić information content (AvgIpc) is 2.43. The average molecular weight is 349 g/mol. The minimum atomic E-state index is -0.496. The molecule has 110 valence electrons. The Kier molecular flexibility index (Phi) is 4.33. The number of rotatable bonds is 2. The molecule has 0 unspecified atom stereocenters. The van der Waals surface area contributed by atoms with E-state index in [1.165, 1.54) is 11.6 Å². The van der Waals surface area contributed by atoms with Gasteiger partial charge in [0.15, 0.2) is 5.78 Å². The highest BCUT2D eigenvalue weighted by atomic mass is 79.9. The van der Waals surface area contributed by atoms with E-state index in [1.54, 1.807) is 12.1 Å². The van der Waals surface area contributed by atoms with Gasteiger partial charge in [-0.2, -0.15) is 0 Å². The summed E-state index contributed by atoms with van der Waals surface area (Å²) in [4.78, 5) is 12.9. The first kappa shape index (κ1) is 15.9. The first-order valence-corrected chi connectivity index (χ1v) is 7.62. The Morgan fingerprint density at radius 2 is 1.33 bits per heavy atom. The van der Waals surface area contributed by atoms with Crippen LogP contribution in [0.5, 0.6) is 0 Å². The van der Waals surface area contributed by atoms with Crippen molar-refractivity contribution in [3.63, 3.8) is 0 Å². The number of carbonyl (C=O) groups is 1. The number of hydrogen-bond donors (Lipinski definition) is 0. The fourth-order valence-corrected chi connectivity index (χ4v) is 3.20. The lowest BCUT2D eigenvalue weighted by Crippen LogP contribution is -2.12. The summed E-state index contributed by atoms with van der Waals surface area (Å²) in [7, 11) is 0. The van der Waals surface area contributed by atoms with Gasteiger partial charge in [0.1, 0.15) is 5.82 Å². The second kappa shape index (κ2) is 5.72. The van der Waals surface area contributed by atoms with Gasteiger partial charge in [-0.1, -0.05) is 6.07 Å². The molecular weight excluding hydrogens is 331 g/mol. The number of halogens is 2. The third kappa shape index (κ3) is 2.55. The minimum absolute atomic E-state index is 0.103. The number of benzene rings is 2. The maximum Gasteiger partial charge on any atom is 0.197 e. The Morgan fingerprint density at radius 3 is 1.81 bits per heavy atom. The van der Waals surface area contributed by atoms with Gasteiger partial charge in [-0.05, 0) is 90.5 Å². The molecule has 0 aromatic heterocycles. The molecule has 0 atom stereocenters. The van der Waals surface area contributed by atoms with Crippen LogP contribution in [0.4, 0.5) is 4.39 Å². The molecule has 0 aliphatic heterocycles. The fraction of sp³-hybridized carbons (Fsp3) is 0.278. The van der Waals surface area contributed by atoms with Crippen molar-refractivity contribution >= 4 is 21.7 Å². The molecule has 0 fully saturated rings. The van der Waals surface area contributed by atoms with Crippen LogP contribution < -0.4 is 0 Å². The summed E-state index contributed by atoms with van der Waals surface area (Å²) in [5.41, 5.74) is 5.94. The summed E-state index contributed by atoms with van der Waals surface area (Å²) in [6.07, 6.45) is 0. The number of hydrogen-bond acceptors (Lipinski definition) is 1. The molecular formula is C18H18BrFO. The van der Waals surface area contributed by atoms with Crippen molar-refractivity contribution in [3.05, 3.63) is 67.4 Å². The summed E-state index contributed by atoms with van der Waals surface area (Å²) in [5, 5.41) is 0. The van der Waals surface area contributed by atoms with Crippen LogP contribution in [0.3, 0.4) is 0 Å². The third-order valence-corrected chi connectivity index (χ3v) is 5.08. The van der Waals surface area contributed by atoms with Crippen LogP contribution >= 0.6 is 15.9 Å². The molecule has 0 aliphatic carbocycles. The molecule has 0 N–H and O–H groups in total. The Balaban J connectivity index is 2.77. The van der Waals surface area contributed by atoms with E-state index in [9.17, 15) is 9.18 Å². The number of carbonyl (C=O) groups excluding carboxylic acids is 1. The molecule has 0 heterocycles. The molecule has 1 nitrogen and oxygen atoms in total. The predicted octanol–water partition coefficient (Wildman–Crippen LogP) is 5.36. The first-order chi connectivity index (χ1) is 9.77. The zero-order valence-electron chi connectivity index (χ0n) is 12.9. The summed E-state index contributed by atoms with van der Waals surface area (Å²) >= 11 is 3.28. The van der Waals surface area contributed by atoms with Crippen molar-refractivity contribution in [2.45, 2.75) is 34.6 Å². The van der Waals surface area contributed by atoms with Crippen LogP contribution in [0.2, 0.25) is 0 Å². The second-order valence-corrected chi connectivity index (χ2v) is 6.28. The van der Waals surface area contributed by atoms with E-state index >= 15 is 0 Å². The van der Waals surface area contributed by atoms with Crippen molar-refractivity contribution in [1.82, 2.24) is 0 Å². The van der Waals surface area contributed by atoms with E-state index < -0.39 is 5.82 Å². The first-order valence-electron chi connectivity index (χ1n) is 6.83. The highest BCUT2D eigenvalue weighted by molar-refractivity contribution is 9.10. The molecule has 0 aliphatic rings. The van der Waals surface area contributed by atoms with Crippen molar-refractivity contribution in [2.75, 3.05) is 0 Å². The summed E-state index contributed by atoms with van der Waals surface area (Å²) in [6.45, 7) is 9.92. The molecule has 3 heteroatoms. The van der Waals surface area contributed by atoms with E-state index in [0.717, 1.165) is 22.3 Å². The van der Waals surface area contributed by atoms with Crippen LogP contribution in [-0.4, -0.2) is 5.78 Å². The molecule has 2 aromatic rings. The Labute approximate surface area is 133 Å². The molecule has 21 heavy (non-hydrogen) atoms. The normalized spacial score (nSPS) is 10.8. The van der Waals surface area contributed by atoms with Crippen LogP contribution in [0, 0.1) is 40.4 Å². The zero-order chi connectivity index (χ0) is 15.9.